The fourth-order valence-corrected chi connectivity index (χ4v) is 4.03. The zero-order chi connectivity index (χ0) is 21.7. The Bertz CT molecular complexity index is 1140. The quantitative estimate of drug-likeness (QED) is 0.568. The molecule has 0 saturated carbocycles. The molecule has 0 unspecified atom stereocenters. The molecule has 9 heteroatoms. The first-order valence-corrected chi connectivity index (χ1v) is 10.7. The summed E-state index contributed by atoms with van der Waals surface area (Å²) >= 11 is 5.80. The molecule has 0 radical (unpaired) electrons. The summed E-state index contributed by atoms with van der Waals surface area (Å²) in [4.78, 5) is 12.7. The van der Waals surface area contributed by atoms with Gasteiger partial charge < -0.3 is 5.32 Å². The zero-order valence-electron chi connectivity index (χ0n) is 15.5. The number of halogens is 3. The molecule has 0 aromatic heterocycles. The van der Waals surface area contributed by atoms with Crippen LogP contribution in [-0.4, -0.2) is 20.4 Å². The predicted octanol–water partition coefficient (Wildman–Crippen LogP) is 4.15. The summed E-state index contributed by atoms with van der Waals surface area (Å²) < 4.78 is 54.5. The Balaban J connectivity index is 1.86. The molecule has 156 valence electrons. The standard InChI is InChI=1S/C21H17ClF2N2O3S/c22-15-6-9-17(10-7-15)30(28,29)26-20(12-14-4-2-1-3-5-14)21(27)25-16-8-11-18(23)19(24)13-16/h1-11,13,20,26H,12H2,(H,25,27)/t20-/m1/s1. The van der Waals surface area contributed by atoms with Crippen LogP contribution in [0.25, 0.3) is 0 Å². The fraction of sp³-hybridized carbons (Fsp3) is 0.0952. The van der Waals surface area contributed by atoms with Crippen LogP contribution >= 0.6 is 11.6 Å². The average molecular weight is 451 g/mol. The van der Waals surface area contributed by atoms with Crippen LogP contribution in [0.5, 0.6) is 0 Å². The molecule has 5 nitrogen and oxygen atoms in total. The molecule has 0 heterocycles. The fourth-order valence-electron chi connectivity index (χ4n) is 2.71. The third-order valence-electron chi connectivity index (χ3n) is 4.21. The molecule has 0 bridgehead atoms. The van der Waals surface area contributed by atoms with Gasteiger partial charge in [-0.05, 0) is 48.4 Å². The van der Waals surface area contributed by atoms with Gasteiger partial charge in [0.1, 0.15) is 6.04 Å². The van der Waals surface area contributed by atoms with E-state index < -0.39 is 33.6 Å². The maximum absolute atomic E-state index is 13.5. The Morgan fingerprint density at radius 3 is 2.23 bits per heavy atom. The average Bonchev–Trinajstić information content (AvgIpc) is 2.71. The summed E-state index contributed by atoms with van der Waals surface area (Å²) in [5.74, 6) is -2.91. The Labute approximate surface area is 177 Å². The largest absolute Gasteiger partial charge is 0.325 e. The molecule has 0 aliphatic rings. The monoisotopic (exact) mass is 450 g/mol. The molecular formula is C21H17ClF2N2O3S. The molecule has 1 atom stereocenters. The van der Waals surface area contributed by atoms with Crippen molar-refractivity contribution < 1.29 is 22.0 Å². The second kappa shape index (κ2) is 9.34. The van der Waals surface area contributed by atoms with E-state index in [1.807, 2.05) is 0 Å². The van der Waals surface area contributed by atoms with E-state index in [1.165, 1.54) is 30.3 Å². The summed E-state index contributed by atoms with van der Waals surface area (Å²) in [6.45, 7) is 0. The van der Waals surface area contributed by atoms with Gasteiger partial charge >= 0.3 is 0 Å². The number of carbonyl (C=O) groups excluding carboxylic acids is 1. The topological polar surface area (TPSA) is 75.3 Å². The minimum Gasteiger partial charge on any atom is -0.325 e. The molecule has 0 saturated heterocycles. The van der Waals surface area contributed by atoms with E-state index in [1.54, 1.807) is 30.3 Å². The van der Waals surface area contributed by atoms with E-state index in [4.69, 9.17) is 11.6 Å². The first-order valence-electron chi connectivity index (χ1n) is 8.82. The second-order valence-corrected chi connectivity index (χ2v) is 8.59. The lowest BCUT2D eigenvalue weighted by molar-refractivity contribution is -0.117. The van der Waals surface area contributed by atoms with Gasteiger partial charge in [0.25, 0.3) is 0 Å². The molecule has 3 aromatic carbocycles. The van der Waals surface area contributed by atoms with Gasteiger partial charge in [0.2, 0.25) is 15.9 Å². The molecular weight excluding hydrogens is 434 g/mol. The van der Waals surface area contributed by atoms with E-state index in [0.717, 1.165) is 12.1 Å². The van der Waals surface area contributed by atoms with E-state index in [-0.39, 0.29) is 17.0 Å². The molecule has 2 N–H and O–H groups in total. The van der Waals surface area contributed by atoms with Gasteiger partial charge in [0.05, 0.1) is 4.90 Å². The molecule has 0 fully saturated rings. The van der Waals surface area contributed by atoms with Crippen molar-refractivity contribution in [3.63, 3.8) is 0 Å². The summed E-state index contributed by atoms with van der Waals surface area (Å²) in [5.41, 5.74) is 0.712. The van der Waals surface area contributed by atoms with Crippen molar-refractivity contribution in [2.45, 2.75) is 17.4 Å². The highest BCUT2D eigenvalue weighted by molar-refractivity contribution is 7.89. The SMILES string of the molecule is O=C(Nc1ccc(F)c(F)c1)[C@@H](Cc1ccccc1)NS(=O)(=O)c1ccc(Cl)cc1. The van der Waals surface area contributed by atoms with E-state index in [9.17, 15) is 22.0 Å². The van der Waals surface area contributed by atoms with Crippen molar-refractivity contribution in [1.82, 2.24) is 4.72 Å². The molecule has 0 spiro atoms. The summed E-state index contributed by atoms with van der Waals surface area (Å²) in [6.07, 6.45) is 0.0448. The summed E-state index contributed by atoms with van der Waals surface area (Å²) in [6, 6.07) is 15.9. The zero-order valence-corrected chi connectivity index (χ0v) is 17.1. The van der Waals surface area contributed by atoms with Crippen molar-refractivity contribution in [1.29, 1.82) is 0 Å². The van der Waals surface area contributed by atoms with Gasteiger partial charge in [-0.15, -0.1) is 0 Å². The first kappa shape index (κ1) is 21.9. The van der Waals surface area contributed by atoms with Crippen LogP contribution in [0, 0.1) is 11.6 Å². The smallest absolute Gasteiger partial charge is 0.242 e. The maximum Gasteiger partial charge on any atom is 0.242 e. The summed E-state index contributed by atoms with van der Waals surface area (Å²) in [5, 5.41) is 2.79. The lowest BCUT2D eigenvalue weighted by Gasteiger charge is -2.19. The van der Waals surface area contributed by atoms with Crippen LogP contribution in [0.4, 0.5) is 14.5 Å². The molecule has 1 amide bonds. The first-order chi connectivity index (χ1) is 14.2. The number of carbonyl (C=O) groups is 1. The number of benzene rings is 3. The summed E-state index contributed by atoms with van der Waals surface area (Å²) in [7, 11) is -4.05. The number of sulfonamides is 1. The Kier molecular flexibility index (Phi) is 6.81. The normalized spacial score (nSPS) is 12.4. The van der Waals surface area contributed by atoms with Crippen molar-refractivity contribution >= 4 is 33.2 Å². The van der Waals surface area contributed by atoms with Crippen molar-refractivity contribution in [2.75, 3.05) is 5.32 Å². The number of anilines is 1. The molecule has 0 aliphatic carbocycles. The number of amides is 1. The Morgan fingerprint density at radius 2 is 1.60 bits per heavy atom. The van der Waals surface area contributed by atoms with Crippen molar-refractivity contribution in [3.05, 3.63) is 95.0 Å². The van der Waals surface area contributed by atoms with Gasteiger partial charge in [-0.1, -0.05) is 41.9 Å². The van der Waals surface area contributed by atoms with Crippen molar-refractivity contribution in [2.24, 2.45) is 0 Å². The lowest BCUT2D eigenvalue weighted by atomic mass is 10.1. The van der Waals surface area contributed by atoms with Gasteiger partial charge in [0, 0.05) is 16.8 Å². The minimum absolute atomic E-state index is 0.00246. The predicted molar refractivity (Wildman–Crippen MR) is 111 cm³/mol. The second-order valence-electron chi connectivity index (χ2n) is 6.44. The number of hydrogen-bond donors (Lipinski definition) is 2. The van der Waals surface area contributed by atoms with E-state index in [2.05, 4.69) is 10.0 Å². The highest BCUT2D eigenvalue weighted by atomic mass is 35.5. The third kappa shape index (κ3) is 5.63. The third-order valence-corrected chi connectivity index (χ3v) is 5.95. The number of hydrogen-bond acceptors (Lipinski definition) is 3. The van der Waals surface area contributed by atoms with Gasteiger partial charge in [-0.2, -0.15) is 4.72 Å². The van der Waals surface area contributed by atoms with Crippen LogP contribution in [0.3, 0.4) is 0 Å². The number of rotatable bonds is 7. The van der Waals surface area contributed by atoms with Crippen LogP contribution in [0.2, 0.25) is 5.02 Å². The molecule has 3 aromatic rings. The molecule has 3 rings (SSSR count). The molecule has 0 aliphatic heterocycles. The number of nitrogens with one attached hydrogen (secondary N) is 2. The van der Waals surface area contributed by atoms with Gasteiger partial charge in [-0.3, -0.25) is 4.79 Å². The van der Waals surface area contributed by atoms with Crippen LogP contribution in [0.1, 0.15) is 5.56 Å². The van der Waals surface area contributed by atoms with Gasteiger partial charge in [0.15, 0.2) is 11.6 Å². The Hall–Kier alpha value is -2.81. The van der Waals surface area contributed by atoms with Crippen LogP contribution in [0.15, 0.2) is 77.7 Å². The van der Waals surface area contributed by atoms with E-state index >= 15 is 0 Å². The highest BCUT2D eigenvalue weighted by Gasteiger charge is 2.26. The maximum atomic E-state index is 13.5. The highest BCUT2D eigenvalue weighted by Crippen LogP contribution is 2.17. The molecule has 30 heavy (non-hydrogen) atoms. The lowest BCUT2D eigenvalue weighted by Crippen LogP contribution is -2.45. The van der Waals surface area contributed by atoms with Crippen molar-refractivity contribution in [3.8, 4) is 0 Å². The minimum atomic E-state index is -4.05. The van der Waals surface area contributed by atoms with Crippen LogP contribution in [-0.2, 0) is 21.2 Å². The van der Waals surface area contributed by atoms with E-state index in [0.29, 0.717) is 10.6 Å². The van der Waals surface area contributed by atoms with Gasteiger partial charge in [-0.25, -0.2) is 17.2 Å². The van der Waals surface area contributed by atoms with Crippen LogP contribution < -0.4 is 10.0 Å². The Morgan fingerprint density at radius 1 is 0.933 bits per heavy atom.